The summed E-state index contributed by atoms with van der Waals surface area (Å²) in [6.07, 6.45) is 0.173. The topological polar surface area (TPSA) is 78.9 Å². The molecule has 2 aromatic carbocycles. The number of hydrogen-bond donors (Lipinski definition) is 1. The number of nitrogens with zero attached hydrogens (tertiary/aromatic N) is 2. The summed E-state index contributed by atoms with van der Waals surface area (Å²) >= 11 is 0. The molecule has 1 saturated heterocycles. The van der Waals surface area contributed by atoms with Crippen molar-refractivity contribution in [2.75, 3.05) is 45.7 Å². The van der Waals surface area contributed by atoms with Gasteiger partial charge in [0.1, 0.15) is 5.75 Å². The number of likely N-dealkylation sites (N-methyl/N-ethyl adjacent to an activating group) is 1. The molecular weight excluding hydrogens is 378 g/mol. The summed E-state index contributed by atoms with van der Waals surface area (Å²) in [5, 5.41) is 2.78. The largest absolute Gasteiger partial charge is 0.497 e. The van der Waals surface area contributed by atoms with Crippen LogP contribution in [0, 0.1) is 0 Å². The van der Waals surface area contributed by atoms with Crippen molar-refractivity contribution in [1.29, 1.82) is 0 Å². The Labute approximate surface area is 166 Å². The number of carbonyl (C=O) groups excluding carboxylic acids is 1. The molecule has 1 amide bonds. The second-order valence-electron chi connectivity index (χ2n) is 6.81. The van der Waals surface area contributed by atoms with E-state index in [-0.39, 0.29) is 17.2 Å². The van der Waals surface area contributed by atoms with Gasteiger partial charge in [0.2, 0.25) is 15.9 Å². The standard InChI is InChI=1S/C20H25N3O4S/c1-22-9-11-23(12-10-22)28(25,26)19-8-4-6-17(15-19)21-20(24)14-16-5-3-7-18(13-16)27-2/h3-8,13,15H,9-12,14H2,1-2H3,(H,21,24). The van der Waals surface area contributed by atoms with E-state index in [4.69, 9.17) is 4.74 Å². The van der Waals surface area contributed by atoms with Crippen LogP contribution in [0.25, 0.3) is 0 Å². The Morgan fingerprint density at radius 2 is 1.79 bits per heavy atom. The predicted octanol–water partition coefficient (Wildman–Crippen LogP) is 1.81. The maximum atomic E-state index is 12.9. The van der Waals surface area contributed by atoms with Crippen molar-refractivity contribution in [3.05, 3.63) is 54.1 Å². The highest BCUT2D eigenvalue weighted by molar-refractivity contribution is 7.89. The smallest absolute Gasteiger partial charge is 0.243 e. The Morgan fingerprint density at radius 1 is 1.07 bits per heavy atom. The van der Waals surface area contributed by atoms with Crippen LogP contribution >= 0.6 is 0 Å². The highest BCUT2D eigenvalue weighted by Crippen LogP contribution is 2.21. The number of amides is 1. The number of hydrogen-bond acceptors (Lipinski definition) is 5. The van der Waals surface area contributed by atoms with Crippen LogP contribution < -0.4 is 10.1 Å². The molecule has 0 radical (unpaired) electrons. The highest BCUT2D eigenvalue weighted by atomic mass is 32.2. The summed E-state index contributed by atoms with van der Waals surface area (Å²) < 4.78 is 32.4. The molecule has 1 aliphatic heterocycles. The van der Waals surface area contributed by atoms with E-state index in [0.717, 1.165) is 5.56 Å². The molecule has 0 atom stereocenters. The summed E-state index contributed by atoms with van der Waals surface area (Å²) in [7, 11) is -0.0233. The summed E-state index contributed by atoms with van der Waals surface area (Å²) in [4.78, 5) is 14.7. The Balaban J connectivity index is 1.69. The number of ether oxygens (including phenoxy) is 1. The zero-order chi connectivity index (χ0) is 20.1. The minimum atomic E-state index is -3.57. The first-order valence-electron chi connectivity index (χ1n) is 9.10. The molecule has 2 aromatic rings. The Morgan fingerprint density at radius 3 is 2.50 bits per heavy atom. The molecule has 1 heterocycles. The van der Waals surface area contributed by atoms with E-state index < -0.39 is 10.0 Å². The summed E-state index contributed by atoms with van der Waals surface area (Å²) in [6, 6.07) is 13.7. The van der Waals surface area contributed by atoms with E-state index in [0.29, 0.717) is 37.6 Å². The van der Waals surface area contributed by atoms with Crippen molar-refractivity contribution in [1.82, 2.24) is 9.21 Å². The normalized spacial score (nSPS) is 15.9. The third-order valence-electron chi connectivity index (χ3n) is 4.72. The van der Waals surface area contributed by atoms with E-state index >= 15 is 0 Å². The van der Waals surface area contributed by atoms with Crippen LogP contribution in [0.2, 0.25) is 0 Å². The van der Waals surface area contributed by atoms with Crippen LogP contribution in [-0.4, -0.2) is 63.9 Å². The zero-order valence-electron chi connectivity index (χ0n) is 16.1. The van der Waals surface area contributed by atoms with Crippen LogP contribution in [0.15, 0.2) is 53.4 Å². The maximum Gasteiger partial charge on any atom is 0.243 e. The van der Waals surface area contributed by atoms with E-state index in [1.807, 2.05) is 25.2 Å². The molecule has 8 heteroatoms. The van der Waals surface area contributed by atoms with E-state index in [2.05, 4.69) is 10.2 Å². The second-order valence-corrected chi connectivity index (χ2v) is 8.75. The van der Waals surface area contributed by atoms with Crippen LogP contribution in [0.1, 0.15) is 5.56 Å². The molecule has 0 bridgehead atoms. The minimum absolute atomic E-state index is 0.173. The van der Waals surface area contributed by atoms with Crippen LogP contribution in [0.5, 0.6) is 5.75 Å². The summed E-state index contributed by atoms with van der Waals surface area (Å²) in [5.41, 5.74) is 1.28. The Bertz CT molecular complexity index is 938. The first-order valence-corrected chi connectivity index (χ1v) is 10.5. The van der Waals surface area contributed by atoms with Gasteiger partial charge in [-0.15, -0.1) is 0 Å². The van der Waals surface area contributed by atoms with Gasteiger partial charge >= 0.3 is 0 Å². The number of sulfonamides is 1. The molecule has 28 heavy (non-hydrogen) atoms. The van der Waals surface area contributed by atoms with Gasteiger partial charge in [0.25, 0.3) is 0 Å². The van der Waals surface area contributed by atoms with Crippen molar-refractivity contribution in [3.63, 3.8) is 0 Å². The average molecular weight is 404 g/mol. The average Bonchev–Trinajstić information content (AvgIpc) is 2.68. The Hall–Kier alpha value is -2.42. The first kappa shape index (κ1) is 20.3. The number of rotatable bonds is 6. The lowest BCUT2D eigenvalue weighted by atomic mass is 10.1. The molecule has 3 rings (SSSR count). The van der Waals surface area contributed by atoms with Gasteiger partial charge in [-0.3, -0.25) is 4.79 Å². The molecule has 1 aliphatic rings. The first-order chi connectivity index (χ1) is 13.4. The van der Waals surface area contributed by atoms with Gasteiger partial charge in [0.15, 0.2) is 0 Å². The molecule has 0 spiro atoms. The van der Waals surface area contributed by atoms with E-state index in [1.165, 1.54) is 10.4 Å². The number of anilines is 1. The number of benzene rings is 2. The lowest BCUT2D eigenvalue weighted by molar-refractivity contribution is -0.115. The maximum absolute atomic E-state index is 12.9. The summed E-state index contributed by atoms with van der Waals surface area (Å²) in [6.45, 7) is 2.34. The van der Waals surface area contributed by atoms with Crippen LogP contribution in [0.4, 0.5) is 5.69 Å². The molecule has 1 fully saturated rings. The Kier molecular flexibility index (Phi) is 6.33. The van der Waals surface area contributed by atoms with Gasteiger partial charge in [0, 0.05) is 31.9 Å². The van der Waals surface area contributed by atoms with Gasteiger partial charge < -0.3 is 15.0 Å². The third-order valence-corrected chi connectivity index (χ3v) is 6.61. The van der Waals surface area contributed by atoms with Gasteiger partial charge in [-0.05, 0) is 42.9 Å². The van der Waals surface area contributed by atoms with Crippen molar-refractivity contribution in [2.45, 2.75) is 11.3 Å². The number of nitrogens with one attached hydrogen (secondary N) is 1. The van der Waals surface area contributed by atoms with Gasteiger partial charge in [-0.2, -0.15) is 4.31 Å². The molecule has 0 aliphatic carbocycles. The highest BCUT2D eigenvalue weighted by Gasteiger charge is 2.27. The molecule has 7 nitrogen and oxygen atoms in total. The molecule has 0 saturated carbocycles. The monoisotopic (exact) mass is 403 g/mol. The van der Waals surface area contributed by atoms with Crippen molar-refractivity contribution in [3.8, 4) is 5.75 Å². The van der Waals surface area contributed by atoms with Gasteiger partial charge in [-0.1, -0.05) is 18.2 Å². The van der Waals surface area contributed by atoms with E-state index in [9.17, 15) is 13.2 Å². The number of methoxy groups -OCH3 is 1. The lowest BCUT2D eigenvalue weighted by Crippen LogP contribution is -2.47. The fraction of sp³-hybridized carbons (Fsp3) is 0.350. The molecular formula is C20H25N3O4S. The zero-order valence-corrected chi connectivity index (χ0v) is 16.9. The number of carbonyl (C=O) groups is 1. The fourth-order valence-corrected chi connectivity index (χ4v) is 4.55. The summed E-state index contributed by atoms with van der Waals surface area (Å²) in [5.74, 6) is 0.466. The molecule has 0 aromatic heterocycles. The van der Waals surface area contributed by atoms with Crippen molar-refractivity contribution >= 4 is 21.6 Å². The van der Waals surface area contributed by atoms with Crippen molar-refractivity contribution in [2.24, 2.45) is 0 Å². The van der Waals surface area contributed by atoms with Gasteiger partial charge in [0.05, 0.1) is 18.4 Å². The van der Waals surface area contributed by atoms with E-state index in [1.54, 1.807) is 31.4 Å². The SMILES string of the molecule is COc1cccc(CC(=O)Nc2cccc(S(=O)(=O)N3CCN(C)CC3)c2)c1. The van der Waals surface area contributed by atoms with Crippen LogP contribution in [-0.2, 0) is 21.2 Å². The van der Waals surface area contributed by atoms with Gasteiger partial charge in [-0.25, -0.2) is 8.42 Å². The quantitative estimate of drug-likeness (QED) is 0.796. The molecule has 0 unspecified atom stereocenters. The molecule has 150 valence electrons. The van der Waals surface area contributed by atoms with Crippen LogP contribution in [0.3, 0.4) is 0 Å². The van der Waals surface area contributed by atoms with Crippen molar-refractivity contribution < 1.29 is 17.9 Å². The lowest BCUT2D eigenvalue weighted by Gasteiger charge is -2.31. The fourth-order valence-electron chi connectivity index (χ4n) is 3.08. The third kappa shape index (κ3) is 4.89. The molecule has 1 N–H and O–H groups in total. The predicted molar refractivity (Wildman–Crippen MR) is 108 cm³/mol. The second kappa shape index (κ2) is 8.72. The minimum Gasteiger partial charge on any atom is -0.497 e. The number of piperazine rings is 1.